The summed E-state index contributed by atoms with van der Waals surface area (Å²) >= 11 is 0.992. The van der Waals surface area contributed by atoms with Crippen LogP contribution in [-0.2, 0) is 30.5 Å². The van der Waals surface area contributed by atoms with E-state index in [1.54, 1.807) is 51.1 Å². The first-order valence-electron chi connectivity index (χ1n) is 13.7. The summed E-state index contributed by atoms with van der Waals surface area (Å²) < 4.78 is 5.42. The standard InChI is InChI=1S/C30H34N6O8S/c1-30(2,3)44-27(42)24(19-12-8-5-9-13-19)35-26(41)20(14-23(38)39)33-22(37)16-31-25(40)21-17-45-29(34-21)36-28(43)32-15-18-10-6-4-7-11-18/h4-13,17,20,24H,14-16H2,1-3H3,(H,31,40)(H,33,37)(H,35,41)(H,38,39)(H2,32,34,36,43)/t20-,24?/m0/s1. The normalized spacial score (nSPS) is 12.2. The van der Waals surface area contributed by atoms with Crippen molar-refractivity contribution in [2.24, 2.45) is 0 Å². The molecule has 0 radical (unpaired) electrons. The van der Waals surface area contributed by atoms with Crippen molar-refractivity contribution in [3.05, 3.63) is 82.9 Å². The van der Waals surface area contributed by atoms with Crippen LogP contribution in [0.25, 0.3) is 0 Å². The average molecular weight is 639 g/mol. The van der Waals surface area contributed by atoms with Crippen molar-refractivity contribution in [3.63, 3.8) is 0 Å². The molecule has 0 saturated heterocycles. The molecule has 3 rings (SSSR count). The molecule has 0 bridgehead atoms. The number of aliphatic carboxylic acids is 1. The molecule has 14 nitrogen and oxygen atoms in total. The lowest BCUT2D eigenvalue weighted by Gasteiger charge is -2.26. The topological polar surface area (TPSA) is 205 Å². The third-order valence-electron chi connectivity index (χ3n) is 5.76. The molecule has 0 spiro atoms. The summed E-state index contributed by atoms with van der Waals surface area (Å²) in [6, 6.07) is 14.1. The summed E-state index contributed by atoms with van der Waals surface area (Å²) in [5.74, 6) is -4.72. The monoisotopic (exact) mass is 638 g/mol. The van der Waals surface area contributed by atoms with Crippen molar-refractivity contribution >= 4 is 52.2 Å². The third kappa shape index (κ3) is 11.7. The van der Waals surface area contributed by atoms with Gasteiger partial charge in [0.15, 0.2) is 11.2 Å². The fourth-order valence-corrected chi connectivity index (χ4v) is 4.45. The SMILES string of the molecule is CC(C)(C)OC(=O)C(NC(=O)[C@H](CC(=O)O)NC(=O)CNC(=O)c1csc(NC(=O)NCc2ccccc2)n1)c1ccccc1. The van der Waals surface area contributed by atoms with E-state index in [1.165, 1.54) is 5.38 Å². The zero-order valence-corrected chi connectivity index (χ0v) is 25.6. The number of amides is 5. The van der Waals surface area contributed by atoms with Gasteiger partial charge in [0.2, 0.25) is 11.8 Å². The van der Waals surface area contributed by atoms with Gasteiger partial charge in [-0.1, -0.05) is 60.7 Å². The van der Waals surface area contributed by atoms with Crippen LogP contribution in [0, 0.1) is 0 Å². The van der Waals surface area contributed by atoms with Crippen LogP contribution in [0.15, 0.2) is 66.0 Å². The number of carboxylic acid groups (broad SMARTS) is 1. The maximum absolute atomic E-state index is 13.1. The van der Waals surface area contributed by atoms with E-state index in [0.717, 1.165) is 16.9 Å². The lowest BCUT2D eigenvalue weighted by molar-refractivity contribution is -0.159. The number of rotatable bonds is 13. The number of aromatic nitrogens is 1. The predicted molar refractivity (Wildman–Crippen MR) is 164 cm³/mol. The Balaban J connectivity index is 1.56. The Morgan fingerprint density at radius 2 is 1.56 bits per heavy atom. The smallest absolute Gasteiger partial charge is 0.333 e. The van der Waals surface area contributed by atoms with Gasteiger partial charge >= 0.3 is 18.0 Å². The van der Waals surface area contributed by atoms with Crippen LogP contribution >= 0.6 is 11.3 Å². The predicted octanol–water partition coefficient (Wildman–Crippen LogP) is 2.35. The largest absolute Gasteiger partial charge is 0.481 e. The highest BCUT2D eigenvalue weighted by molar-refractivity contribution is 7.14. The fraction of sp³-hybridized carbons (Fsp3) is 0.300. The van der Waals surface area contributed by atoms with Gasteiger partial charge < -0.3 is 31.1 Å². The summed E-state index contributed by atoms with van der Waals surface area (Å²) in [4.78, 5) is 78.9. The second-order valence-electron chi connectivity index (χ2n) is 10.6. The van der Waals surface area contributed by atoms with Gasteiger partial charge in [-0.15, -0.1) is 11.3 Å². The molecular weight excluding hydrogens is 604 g/mol. The second kappa shape index (κ2) is 16.0. The number of urea groups is 1. The first-order valence-corrected chi connectivity index (χ1v) is 14.6. The highest BCUT2D eigenvalue weighted by Crippen LogP contribution is 2.19. The Bertz CT molecular complexity index is 1510. The Kier molecular flexibility index (Phi) is 12.1. The van der Waals surface area contributed by atoms with Crippen molar-refractivity contribution in [2.45, 2.75) is 51.4 Å². The van der Waals surface area contributed by atoms with Gasteiger partial charge in [-0.25, -0.2) is 14.6 Å². The Labute approximate surface area is 263 Å². The molecule has 15 heteroatoms. The number of carbonyl (C=O) groups excluding carboxylic acids is 5. The molecule has 3 aromatic rings. The average Bonchev–Trinajstić information content (AvgIpc) is 3.45. The quantitative estimate of drug-likeness (QED) is 0.152. The maximum Gasteiger partial charge on any atom is 0.333 e. The number of nitrogens with one attached hydrogen (secondary N) is 5. The summed E-state index contributed by atoms with van der Waals surface area (Å²) in [5.41, 5.74) is 0.338. The molecule has 6 N–H and O–H groups in total. The lowest BCUT2D eigenvalue weighted by Crippen LogP contribution is -2.52. The minimum Gasteiger partial charge on any atom is -0.481 e. The number of ether oxygens (including phenoxy) is 1. The lowest BCUT2D eigenvalue weighted by atomic mass is 10.1. The van der Waals surface area contributed by atoms with E-state index in [2.05, 4.69) is 31.6 Å². The molecule has 0 aliphatic carbocycles. The molecule has 5 amide bonds. The summed E-state index contributed by atoms with van der Waals surface area (Å²) in [6.45, 7) is 4.64. The molecule has 1 heterocycles. The van der Waals surface area contributed by atoms with E-state index in [4.69, 9.17) is 4.74 Å². The summed E-state index contributed by atoms with van der Waals surface area (Å²) in [7, 11) is 0. The van der Waals surface area contributed by atoms with Crippen molar-refractivity contribution in [2.75, 3.05) is 11.9 Å². The molecule has 0 aliphatic rings. The maximum atomic E-state index is 13.1. The van der Waals surface area contributed by atoms with Gasteiger partial charge in [0.05, 0.1) is 13.0 Å². The molecule has 0 saturated carbocycles. The minimum absolute atomic E-state index is 0.0750. The third-order valence-corrected chi connectivity index (χ3v) is 6.51. The minimum atomic E-state index is -1.58. The van der Waals surface area contributed by atoms with Crippen molar-refractivity contribution in [1.82, 2.24) is 26.3 Å². The molecular formula is C30H34N6O8S. The van der Waals surface area contributed by atoms with E-state index in [9.17, 15) is 33.9 Å². The highest BCUT2D eigenvalue weighted by atomic mass is 32.1. The number of carboxylic acids is 1. The van der Waals surface area contributed by atoms with Crippen LogP contribution in [0.5, 0.6) is 0 Å². The van der Waals surface area contributed by atoms with Crippen LogP contribution in [0.2, 0.25) is 0 Å². The van der Waals surface area contributed by atoms with Gasteiger partial charge in [-0.3, -0.25) is 24.5 Å². The van der Waals surface area contributed by atoms with Gasteiger partial charge in [0.25, 0.3) is 5.91 Å². The molecule has 2 atom stereocenters. The first-order chi connectivity index (χ1) is 21.3. The van der Waals surface area contributed by atoms with E-state index in [1.807, 2.05) is 30.3 Å². The van der Waals surface area contributed by atoms with E-state index >= 15 is 0 Å². The van der Waals surface area contributed by atoms with E-state index in [0.29, 0.717) is 5.56 Å². The zero-order chi connectivity index (χ0) is 33.0. The van der Waals surface area contributed by atoms with Crippen molar-refractivity contribution in [1.29, 1.82) is 0 Å². The Hall–Kier alpha value is -5.31. The Morgan fingerprint density at radius 3 is 2.18 bits per heavy atom. The number of nitrogens with zero attached hydrogens (tertiary/aromatic N) is 1. The highest BCUT2D eigenvalue weighted by Gasteiger charge is 2.32. The number of benzene rings is 2. The van der Waals surface area contributed by atoms with Crippen LogP contribution in [0.4, 0.5) is 9.93 Å². The molecule has 1 unspecified atom stereocenters. The van der Waals surface area contributed by atoms with Crippen LogP contribution in [0.1, 0.15) is 54.8 Å². The molecule has 45 heavy (non-hydrogen) atoms. The number of hydrogen-bond donors (Lipinski definition) is 6. The van der Waals surface area contributed by atoms with Crippen molar-refractivity contribution < 1.29 is 38.6 Å². The van der Waals surface area contributed by atoms with Gasteiger partial charge in [0, 0.05) is 11.9 Å². The molecule has 238 valence electrons. The zero-order valence-electron chi connectivity index (χ0n) is 24.8. The summed E-state index contributed by atoms with van der Waals surface area (Å²) in [6.07, 6.45) is -0.797. The van der Waals surface area contributed by atoms with Crippen LogP contribution in [-0.4, -0.2) is 64.0 Å². The molecule has 0 aliphatic heterocycles. The van der Waals surface area contributed by atoms with Gasteiger partial charge in [0.1, 0.15) is 17.3 Å². The molecule has 2 aromatic carbocycles. The van der Waals surface area contributed by atoms with E-state index < -0.39 is 66.3 Å². The summed E-state index contributed by atoms with van der Waals surface area (Å²) in [5, 5.41) is 23.1. The second-order valence-corrected chi connectivity index (χ2v) is 11.5. The number of hydrogen-bond acceptors (Lipinski definition) is 9. The fourth-order valence-electron chi connectivity index (χ4n) is 3.76. The first kappa shape index (κ1) is 34.2. The number of anilines is 1. The van der Waals surface area contributed by atoms with E-state index in [-0.39, 0.29) is 17.4 Å². The molecule has 1 aromatic heterocycles. The van der Waals surface area contributed by atoms with Crippen LogP contribution in [0.3, 0.4) is 0 Å². The van der Waals surface area contributed by atoms with Gasteiger partial charge in [-0.2, -0.15) is 0 Å². The number of carbonyl (C=O) groups is 6. The van der Waals surface area contributed by atoms with Crippen molar-refractivity contribution in [3.8, 4) is 0 Å². The van der Waals surface area contributed by atoms with Crippen LogP contribution < -0.4 is 26.6 Å². The number of thiazole rings is 1. The number of esters is 1. The Morgan fingerprint density at radius 1 is 0.911 bits per heavy atom. The van der Waals surface area contributed by atoms with Gasteiger partial charge in [-0.05, 0) is 31.9 Å². The molecule has 0 fully saturated rings.